The Morgan fingerprint density at radius 1 is 1.19 bits per heavy atom. The maximum atomic E-state index is 13.1. The van der Waals surface area contributed by atoms with E-state index < -0.39 is 5.54 Å². The van der Waals surface area contributed by atoms with E-state index >= 15 is 0 Å². The summed E-state index contributed by atoms with van der Waals surface area (Å²) in [6.45, 7) is 8.23. The van der Waals surface area contributed by atoms with Crippen molar-refractivity contribution < 1.29 is 9.59 Å². The molecule has 2 fully saturated rings. The SMILES string of the molecule is CCC1(CC)NC(=O)C(CC(C)C)N(C2CCCC2)C1=O. The van der Waals surface area contributed by atoms with Crippen molar-refractivity contribution in [3.63, 3.8) is 0 Å². The molecule has 2 aliphatic rings. The van der Waals surface area contributed by atoms with Gasteiger partial charge in [-0.05, 0) is 38.0 Å². The first-order valence-corrected chi connectivity index (χ1v) is 8.60. The van der Waals surface area contributed by atoms with Crippen LogP contribution in [0.1, 0.15) is 72.6 Å². The lowest BCUT2D eigenvalue weighted by Crippen LogP contribution is -2.71. The van der Waals surface area contributed by atoms with Crippen LogP contribution in [-0.2, 0) is 9.59 Å². The Hall–Kier alpha value is -1.06. The highest BCUT2D eigenvalue weighted by Gasteiger charge is 2.51. The van der Waals surface area contributed by atoms with Gasteiger partial charge in [-0.25, -0.2) is 0 Å². The van der Waals surface area contributed by atoms with E-state index in [0.717, 1.165) is 19.3 Å². The molecule has 2 rings (SSSR count). The van der Waals surface area contributed by atoms with Gasteiger partial charge in [0.2, 0.25) is 11.8 Å². The summed E-state index contributed by atoms with van der Waals surface area (Å²) in [4.78, 5) is 27.8. The van der Waals surface area contributed by atoms with Gasteiger partial charge in [0.1, 0.15) is 11.6 Å². The molecule has 2 amide bonds. The molecule has 0 spiro atoms. The molecule has 0 radical (unpaired) electrons. The van der Waals surface area contributed by atoms with Gasteiger partial charge in [-0.15, -0.1) is 0 Å². The Labute approximate surface area is 128 Å². The summed E-state index contributed by atoms with van der Waals surface area (Å²) < 4.78 is 0. The molecule has 1 heterocycles. The van der Waals surface area contributed by atoms with E-state index in [9.17, 15) is 9.59 Å². The number of carbonyl (C=O) groups is 2. The average molecular weight is 294 g/mol. The lowest BCUT2D eigenvalue weighted by molar-refractivity contribution is -0.159. The third kappa shape index (κ3) is 2.95. The molecular formula is C17H30N2O2. The molecule has 21 heavy (non-hydrogen) atoms. The average Bonchev–Trinajstić information content (AvgIpc) is 2.96. The predicted octanol–water partition coefficient (Wildman–Crippen LogP) is 2.86. The van der Waals surface area contributed by atoms with Crippen LogP contribution in [0.3, 0.4) is 0 Å². The Bertz CT molecular complexity index is 396. The monoisotopic (exact) mass is 294 g/mol. The van der Waals surface area contributed by atoms with Gasteiger partial charge in [0.25, 0.3) is 0 Å². The fourth-order valence-electron chi connectivity index (χ4n) is 3.89. The molecule has 1 atom stereocenters. The topological polar surface area (TPSA) is 49.4 Å². The van der Waals surface area contributed by atoms with E-state index in [1.54, 1.807) is 0 Å². The van der Waals surface area contributed by atoms with Gasteiger partial charge in [-0.3, -0.25) is 9.59 Å². The Kier molecular flexibility index (Phi) is 4.95. The zero-order valence-corrected chi connectivity index (χ0v) is 13.9. The van der Waals surface area contributed by atoms with E-state index in [2.05, 4.69) is 19.2 Å². The molecule has 1 aliphatic heterocycles. The Morgan fingerprint density at radius 2 is 1.76 bits per heavy atom. The molecule has 1 saturated carbocycles. The number of rotatable bonds is 5. The van der Waals surface area contributed by atoms with Crippen LogP contribution in [0.15, 0.2) is 0 Å². The molecule has 0 aromatic heterocycles. The first-order valence-electron chi connectivity index (χ1n) is 8.60. The highest BCUT2D eigenvalue weighted by molar-refractivity contribution is 6.00. The first kappa shape index (κ1) is 16.3. The molecule has 1 saturated heterocycles. The number of amides is 2. The predicted molar refractivity (Wildman–Crippen MR) is 83.8 cm³/mol. The van der Waals surface area contributed by atoms with E-state index in [1.807, 2.05) is 18.7 Å². The number of carbonyl (C=O) groups excluding carboxylic acids is 2. The van der Waals surface area contributed by atoms with Crippen LogP contribution >= 0.6 is 0 Å². The smallest absolute Gasteiger partial charge is 0.249 e. The number of piperazine rings is 1. The maximum Gasteiger partial charge on any atom is 0.249 e. The van der Waals surface area contributed by atoms with Crippen LogP contribution in [0.2, 0.25) is 0 Å². The number of nitrogens with zero attached hydrogens (tertiary/aromatic N) is 1. The zero-order chi connectivity index (χ0) is 15.6. The van der Waals surface area contributed by atoms with E-state index in [1.165, 1.54) is 12.8 Å². The van der Waals surface area contributed by atoms with Gasteiger partial charge >= 0.3 is 0 Å². The van der Waals surface area contributed by atoms with E-state index in [-0.39, 0.29) is 23.9 Å². The van der Waals surface area contributed by atoms with Crippen LogP contribution in [0, 0.1) is 5.92 Å². The molecule has 120 valence electrons. The minimum Gasteiger partial charge on any atom is -0.340 e. The summed E-state index contributed by atoms with van der Waals surface area (Å²) >= 11 is 0. The van der Waals surface area contributed by atoms with Gasteiger partial charge in [-0.1, -0.05) is 40.5 Å². The number of nitrogens with one attached hydrogen (secondary N) is 1. The van der Waals surface area contributed by atoms with Crippen LogP contribution in [-0.4, -0.2) is 34.3 Å². The fourth-order valence-corrected chi connectivity index (χ4v) is 3.89. The second kappa shape index (κ2) is 6.37. The second-order valence-corrected chi connectivity index (χ2v) is 7.07. The molecule has 0 bridgehead atoms. The molecule has 1 aliphatic carbocycles. The van der Waals surface area contributed by atoms with Crippen molar-refractivity contribution in [3.05, 3.63) is 0 Å². The molecule has 1 unspecified atom stereocenters. The highest BCUT2D eigenvalue weighted by Crippen LogP contribution is 2.34. The second-order valence-electron chi connectivity index (χ2n) is 7.07. The van der Waals surface area contributed by atoms with Gasteiger partial charge in [0.15, 0.2) is 0 Å². The normalized spacial score (nSPS) is 26.5. The molecule has 0 aromatic rings. The van der Waals surface area contributed by atoms with Crippen molar-refractivity contribution in [3.8, 4) is 0 Å². The lowest BCUT2D eigenvalue weighted by Gasteiger charge is -2.48. The van der Waals surface area contributed by atoms with Gasteiger partial charge in [-0.2, -0.15) is 0 Å². The van der Waals surface area contributed by atoms with Crippen molar-refractivity contribution in [1.82, 2.24) is 10.2 Å². The lowest BCUT2D eigenvalue weighted by atomic mass is 9.84. The third-order valence-electron chi connectivity index (χ3n) is 5.26. The molecular weight excluding hydrogens is 264 g/mol. The summed E-state index contributed by atoms with van der Waals surface area (Å²) in [5, 5.41) is 3.06. The zero-order valence-electron chi connectivity index (χ0n) is 13.9. The van der Waals surface area contributed by atoms with Gasteiger partial charge in [0.05, 0.1) is 0 Å². The van der Waals surface area contributed by atoms with Crippen LogP contribution < -0.4 is 5.32 Å². The molecule has 4 heteroatoms. The Balaban J connectivity index is 2.33. The molecule has 1 N–H and O–H groups in total. The van der Waals surface area contributed by atoms with Gasteiger partial charge < -0.3 is 10.2 Å². The maximum absolute atomic E-state index is 13.1. The van der Waals surface area contributed by atoms with Crippen molar-refractivity contribution in [1.29, 1.82) is 0 Å². The largest absolute Gasteiger partial charge is 0.340 e. The molecule has 0 aromatic carbocycles. The first-order chi connectivity index (χ1) is 9.95. The van der Waals surface area contributed by atoms with Crippen molar-refractivity contribution in [2.24, 2.45) is 5.92 Å². The quantitative estimate of drug-likeness (QED) is 0.847. The Morgan fingerprint density at radius 3 is 2.24 bits per heavy atom. The summed E-state index contributed by atoms with van der Waals surface area (Å²) in [6, 6.07) is -0.00315. The minimum absolute atomic E-state index is 0.0545. The summed E-state index contributed by atoms with van der Waals surface area (Å²) in [6.07, 6.45) is 6.56. The van der Waals surface area contributed by atoms with Crippen LogP contribution in [0.25, 0.3) is 0 Å². The number of hydrogen-bond acceptors (Lipinski definition) is 2. The minimum atomic E-state index is -0.673. The van der Waals surface area contributed by atoms with E-state index in [4.69, 9.17) is 0 Å². The van der Waals surface area contributed by atoms with E-state index in [0.29, 0.717) is 18.8 Å². The third-order valence-corrected chi connectivity index (χ3v) is 5.26. The highest BCUT2D eigenvalue weighted by atomic mass is 16.2. The van der Waals surface area contributed by atoms with Crippen LogP contribution in [0.5, 0.6) is 0 Å². The van der Waals surface area contributed by atoms with Crippen molar-refractivity contribution >= 4 is 11.8 Å². The summed E-state index contributed by atoms with van der Waals surface area (Å²) in [5.74, 6) is 0.622. The van der Waals surface area contributed by atoms with Crippen molar-refractivity contribution in [2.75, 3.05) is 0 Å². The summed E-state index contributed by atoms with van der Waals surface area (Å²) in [5.41, 5.74) is -0.673. The summed E-state index contributed by atoms with van der Waals surface area (Å²) in [7, 11) is 0. The fraction of sp³-hybridized carbons (Fsp3) is 0.882. The standard InChI is InChI=1S/C17H30N2O2/c1-5-17(6-2)16(21)19(13-9-7-8-10-13)14(11-12(3)4)15(20)18-17/h12-14H,5-11H2,1-4H3,(H,18,20). The van der Waals surface area contributed by atoms with Crippen molar-refractivity contribution in [2.45, 2.75) is 90.3 Å². The number of hydrogen-bond donors (Lipinski definition) is 1. The van der Waals surface area contributed by atoms with Crippen LogP contribution in [0.4, 0.5) is 0 Å². The van der Waals surface area contributed by atoms with Gasteiger partial charge in [0, 0.05) is 6.04 Å². The molecule has 4 nitrogen and oxygen atoms in total.